The van der Waals surface area contributed by atoms with E-state index in [2.05, 4.69) is 9.89 Å². The smallest absolute Gasteiger partial charge is 0.412 e. The summed E-state index contributed by atoms with van der Waals surface area (Å²) >= 11 is 0. The van der Waals surface area contributed by atoms with Crippen molar-refractivity contribution in [1.82, 2.24) is 4.90 Å². The second kappa shape index (κ2) is 9.18. The quantitative estimate of drug-likeness (QED) is 0.758. The Morgan fingerprint density at radius 2 is 1.68 bits per heavy atom. The molecule has 0 saturated carbocycles. The zero-order valence-corrected chi connectivity index (χ0v) is 17.1. The molecule has 4 rings (SSSR count). The number of phenols is 1. The van der Waals surface area contributed by atoms with E-state index in [0.717, 1.165) is 38.0 Å². The van der Waals surface area contributed by atoms with Gasteiger partial charge in [0.25, 0.3) is 6.02 Å². The standard InChI is InChI=1S/C23H26F3N3O2/c24-23(25,26)21-15-29(19-4-2-1-3-5-19)22(27-21)31-16-18-10-12-28(13-11-18)14-17-6-8-20(30)9-7-17/h1-9,18,21,30H,10-16H2. The van der Waals surface area contributed by atoms with E-state index in [0.29, 0.717) is 12.3 Å². The number of likely N-dealkylation sites (tertiary alicyclic amines) is 1. The maximum atomic E-state index is 13.3. The third kappa shape index (κ3) is 5.50. The van der Waals surface area contributed by atoms with Crippen LogP contribution in [0.15, 0.2) is 59.6 Å². The first kappa shape index (κ1) is 21.5. The van der Waals surface area contributed by atoms with E-state index in [-0.39, 0.29) is 24.2 Å². The minimum Gasteiger partial charge on any atom is -0.508 e. The number of alkyl halides is 3. The summed E-state index contributed by atoms with van der Waals surface area (Å²) in [5.74, 6) is 0.535. The number of phenolic OH excluding ortho intramolecular Hbond substituents is 1. The Kier molecular flexibility index (Phi) is 6.36. The van der Waals surface area contributed by atoms with Crippen LogP contribution >= 0.6 is 0 Å². The fraction of sp³-hybridized carbons (Fsp3) is 0.435. The third-order valence-corrected chi connectivity index (χ3v) is 5.80. The molecule has 0 radical (unpaired) electrons. The van der Waals surface area contributed by atoms with Gasteiger partial charge in [0.1, 0.15) is 5.75 Å². The van der Waals surface area contributed by atoms with Gasteiger partial charge in [-0.25, -0.2) is 4.99 Å². The lowest BCUT2D eigenvalue weighted by atomic mass is 9.97. The van der Waals surface area contributed by atoms with E-state index >= 15 is 0 Å². The van der Waals surface area contributed by atoms with Crippen molar-refractivity contribution in [2.45, 2.75) is 31.6 Å². The van der Waals surface area contributed by atoms with E-state index in [4.69, 9.17) is 4.74 Å². The molecule has 8 heteroatoms. The summed E-state index contributed by atoms with van der Waals surface area (Å²) in [6.07, 6.45) is -2.56. The molecule has 5 nitrogen and oxygen atoms in total. The molecule has 2 aliphatic heterocycles. The molecule has 1 saturated heterocycles. The molecule has 0 amide bonds. The molecule has 0 aromatic heterocycles. The first-order valence-electron chi connectivity index (χ1n) is 10.5. The topological polar surface area (TPSA) is 48.3 Å². The number of nitrogens with zero attached hydrogens (tertiary/aromatic N) is 3. The van der Waals surface area contributed by atoms with E-state index in [9.17, 15) is 18.3 Å². The zero-order valence-electron chi connectivity index (χ0n) is 17.1. The molecule has 2 aromatic carbocycles. The van der Waals surface area contributed by atoms with Gasteiger partial charge in [0.2, 0.25) is 0 Å². The molecule has 2 aliphatic rings. The first-order chi connectivity index (χ1) is 14.9. The minimum absolute atomic E-state index is 0.0556. The van der Waals surface area contributed by atoms with Gasteiger partial charge in [-0.2, -0.15) is 13.2 Å². The van der Waals surface area contributed by atoms with Crippen LogP contribution < -0.4 is 4.90 Å². The van der Waals surface area contributed by atoms with Crippen LogP contribution in [0.3, 0.4) is 0 Å². The lowest BCUT2D eigenvalue weighted by Gasteiger charge is -2.32. The van der Waals surface area contributed by atoms with E-state index in [1.807, 2.05) is 18.2 Å². The Labute approximate surface area is 179 Å². The maximum absolute atomic E-state index is 13.3. The number of amidine groups is 1. The molecule has 2 heterocycles. The highest BCUT2D eigenvalue weighted by atomic mass is 19.4. The van der Waals surface area contributed by atoms with Gasteiger partial charge < -0.3 is 9.84 Å². The monoisotopic (exact) mass is 433 g/mol. The molecule has 1 N–H and O–H groups in total. The van der Waals surface area contributed by atoms with Crippen molar-refractivity contribution in [2.24, 2.45) is 10.9 Å². The fourth-order valence-electron chi connectivity index (χ4n) is 3.97. The summed E-state index contributed by atoms with van der Waals surface area (Å²) in [6, 6.07) is 14.4. The molecule has 0 spiro atoms. The van der Waals surface area contributed by atoms with Crippen LogP contribution in [0.25, 0.3) is 0 Å². The molecule has 31 heavy (non-hydrogen) atoms. The SMILES string of the molecule is Oc1ccc(CN2CCC(COC3=NC(C(F)(F)F)CN3c3ccccc3)CC2)cc1. The van der Waals surface area contributed by atoms with Crippen molar-refractivity contribution < 1.29 is 23.0 Å². The number of aromatic hydroxyl groups is 1. The summed E-state index contributed by atoms with van der Waals surface area (Å²) in [6.45, 7) is 2.72. The lowest BCUT2D eigenvalue weighted by molar-refractivity contribution is -0.143. The van der Waals surface area contributed by atoms with Crippen molar-refractivity contribution in [1.29, 1.82) is 0 Å². The van der Waals surface area contributed by atoms with Gasteiger partial charge >= 0.3 is 6.18 Å². The number of ether oxygens (including phenoxy) is 1. The number of para-hydroxylation sites is 1. The number of aliphatic imine (C=N–C) groups is 1. The molecular formula is C23H26F3N3O2. The van der Waals surface area contributed by atoms with Gasteiger partial charge in [-0.15, -0.1) is 0 Å². The zero-order chi connectivity index (χ0) is 21.8. The average molecular weight is 433 g/mol. The fourth-order valence-corrected chi connectivity index (χ4v) is 3.97. The number of hydrogen-bond donors (Lipinski definition) is 1. The number of hydrogen-bond acceptors (Lipinski definition) is 5. The average Bonchev–Trinajstić information content (AvgIpc) is 3.20. The second-order valence-electron chi connectivity index (χ2n) is 8.11. The molecule has 1 atom stereocenters. The highest BCUT2D eigenvalue weighted by molar-refractivity contribution is 5.93. The Hall–Kier alpha value is -2.74. The van der Waals surface area contributed by atoms with E-state index < -0.39 is 12.2 Å². The molecular weight excluding hydrogens is 407 g/mol. The highest BCUT2D eigenvalue weighted by Crippen LogP contribution is 2.31. The first-order valence-corrected chi connectivity index (χ1v) is 10.5. The number of benzene rings is 2. The number of halogens is 3. The number of anilines is 1. The summed E-state index contributed by atoms with van der Waals surface area (Å²) < 4.78 is 45.6. The normalized spacial score (nSPS) is 20.7. The Morgan fingerprint density at radius 1 is 1.00 bits per heavy atom. The van der Waals surface area contributed by atoms with Crippen molar-refractivity contribution in [2.75, 3.05) is 31.1 Å². The summed E-state index contributed by atoms with van der Waals surface area (Å²) in [4.78, 5) is 7.70. The number of rotatable bonds is 5. The van der Waals surface area contributed by atoms with Crippen LogP contribution in [0.1, 0.15) is 18.4 Å². The highest BCUT2D eigenvalue weighted by Gasteiger charge is 2.46. The Bertz CT molecular complexity index is 879. The van der Waals surface area contributed by atoms with Gasteiger partial charge in [-0.3, -0.25) is 9.80 Å². The van der Waals surface area contributed by atoms with Crippen molar-refractivity contribution in [3.05, 3.63) is 60.2 Å². The molecule has 1 unspecified atom stereocenters. The van der Waals surface area contributed by atoms with Crippen LogP contribution in [0.2, 0.25) is 0 Å². The molecule has 166 valence electrons. The lowest BCUT2D eigenvalue weighted by Crippen LogP contribution is -2.37. The van der Waals surface area contributed by atoms with Crippen molar-refractivity contribution in [3.8, 4) is 5.75 Å². The third-order valence-electron chi connectivity index (χ3n) is 5.80. The van der Waals surface area contributed by atoms with Crippen LogP contribution in [-0.4, -0.2) is 54.5 Å². The second-order valence-corrected chi connectivity index (χ2v) is 8.11. The van der Waals surface area contributed by atoms with Gasteiger partial charge in [-0.1, -0.05) is 30.3 Å². The van der Waals surface area contributed by atoms with Crippen molar-refractivity contribution in [3.63, 3.8) is 0 Å². The summed E-state index contributed by atoms with van der Waals surface area (Å²) in [5, 5.41) is 9.40. The molecule has 0 bridgehead atoms. The van der Waals surface area contributed by atoms with Gasteiger partial charge in [0.15, 0.2) is 6.04 Å². The molecule has 2 aromatic rings. The Balaban J connectivity index is 1.31. The van der Waals surface area contributed by atoms with Crippen LogP contribution in [0.5, 0.6) is 5.75 Å². The predicted octanol–water partition coefficient (Wildman–Crippen LogP) is 4.43. The van der Waals surface area contributed by atoms with Gasteiger partial charge in [0.05, 0.1) is 13.2 Å². The predicted molar refractivity (Wildman–Crippen MR) is 113 cm³/mol. The number of piperidine rings is 1. The van der Waals surface area contributed by atoms with Crippen molar-refractivity contribution >= 4 is 11.7 Å². The van der Waals surface area contributed by atoms with Gasteiger partial charge in [-0.05, 0) is 61.7 Å². The Morgan fingerprint density at radius 3 is 2.32 bits per heavy atom. The van der Waals surface area contributed by atoms with Crippen LogP contribution in [0, 0.1) is 5.92 Å². The van der Waals surface area contributed by atoms with Gasteiger partial charge in [0, 0.05) is 12.2 Å². The molecule has 0 aliphatic carbocycles. The van der Waals surface area contributed by atoms with Crippen LogP contribution in [-0.2, 0) is 11.3 Å². The van der Waals surface area contributed by atoms with E-state index in [1.54, 1.807) is 36.4 Å². The van der Waals surface area contributed by atoms with Crippen LogP contribution in [0.4, 0.5) is 18.9 Å². The largest absolute Gasteiger partial charge is 0.508 e. The minimum atomic E-state index is -4.39. The molecule has 1 fully saturated rings. The summed E-state index contributed by atoms with van der Waals surface area (Å²) in [7, 11) is 0. The maximum Gasteiger partial charge on any atom is 0.412 e. The van der Waals surface area contributed by atoms with E-state index in [1.165, 1.54) is 4.90 Å². The summed E-state index contributed by atoms with van der Waals surface area (Å²) in [5.41, 5.74) is 1.79.